The molecule has 1 aliphatic heterocycles. The van der Waals surface area contributed by atoms with Crippen LogP contribution in [0.25, 0.3) is 0 Å². The Morgan fingerprint density at radius 1 is 1.33 bits per heavy atom. The molecule has 0 radical (unpaired) electrons. The summed E-state index contributed by atoms with van der Waals surface area (Å²) >= 11 is 0. The molecule has 0 bridgehead atoms. The average Bonchev–Trinajstić information content (AvgIpc) is 2.88. The van der Waals surface area contributed by atoms with Gasteiger partial charge in [-0.2, -0.15) is 0 Å². The molecule has 0 amide bonds. The van der Waals surface area contributed by atoms with Gasteiger partial charge >= 0.3 is 5.97 Å². The summed E-state index contributed by atoms with van der Waals surface area (Å²) in [6.07, 6.45) is 1.02. The van der Waals surface area contributed by atoms with Crippen LogP contribution in [0.3, 0.4) is 0 Å². The fraction of sp³-hybridized carbons (Fsp3) is 0.308. The van der Waals surface area contributed by atoms with Gasteiger partial charge in [-0.05, 0) is 24.3 Å². The van der Waals surface area contributed by atoms with Gasteiger partial charge in [0, 0.05) is 6.42 Å². The molecule has 1 fully saturated rings. The Hall–Kier alpha value is -1.85. The summed E-state index contributed by atoms with van der Waals surface area (Å²) in [5.41, 5.74) is 0. The van der Waals surface area contributed by atoms with Crippen LogP contribution in [0.1, 0.15) is 6.42 Å². The van der Waals surface area contributed by atoms with Crippen LogP contribution in [0.4, 0.5) is 0 Å². The fourth-order valence-corrected chi connectivity index (χ4v) is 1.52. The van der Waals surface area contributed by atoms with E-state index in [1.807, 2.05) is 0 Å². The van der Waals surface area contributed by atoms with Crippen molar-refractivity contribution in [3.05, 3.63) is 36.9 Å². The van der Waals surface area contributed by atoms with E-state index in [0.29, 0.717) is 17.9 Å². The summed E-state index contributed by atoms with van der Waals surface area (Å²) in [7, 11) is 1.57. The SMILES string of the molecule is C=C[C@@H]1C[C@H](C(=O)Oc2ccc(OC)cc2)OO1. The van der Waals surface area contributed by atoms with Crippen molar-refractivity contribution in [2.75, 3.05) is 7.11 Å². The number of methoxy groups -OCH3 is 1. The van der Waals surface area contributed by atoms with Crippen LogP contribution >= 0.6 is 0 Å². The van der Waals surface area contributed by atoms with Crippen LogP contribution in [0.15, 0.2) is 36.9 Å². The lowest BCUT2D eigenvalue weighted by Crippen LogP contribution is -2.25. The number of hydrogen-bond donors (Lipinski definition) is 0. The number of carbonyl (C=O) groups is 1. The Kier molecular flexibility index (Phi) is 3.96. The van der Waals surface area contributed by atoms with Gasteiger partial charge in [0.1, 0.15) is 17.6 Å². The van der Waals surface area contributed by atoms with Gasteiger partial charge < -0.3 is 9.47 Å². The van der Waals surface area contributed by atoms with Crippen LogP contribution in [0.2, 0.25) is 0 Å². The van der Waals surface area contributed by atoms with Crippen molar-refractivity contribution in [2.24, 2.45) is 0 Å². The van der Waals surface area contributed by atoms with Crippen molar-refractivity contribution < 1.29 is 24.0 Å². The quantitative estimate of drug-likeness (QED) is 0.353. The van der Waals surface area contributed by atoms with E-state index in [-0.39, 0.29) is 6.10 Å². The van der Waals surface area contributed by atoms with Crippen molar-refractivity contribution >= 4 is 5.97 Å². The molecule has 0 aliphatic carbocycles. The molecule has 0 N–H and O–H groups in total. The summed E-state index contributed by atoms with van der Waals surface area (Å²) in [5.74, 6) is 0.651. The van der Waals surface area contributed by atoms with E-state index in [1.54, 1.807) is 37.5 Å². The van der Waals surface area contributed by atoms with Crippen molar-refractivity contribution in [1.29, 1.82) is 0 Å². The zero-order valence-electron chi connectivity index (χ0n) is 10.00. The highest BCUT2D eigenvalue weighted by atomic mass is 17.2. The van der Waals surface area contributed by atoms with E-state index < -0.39 is 12.1 Å². The lowest BCUT2D eigenvalue weighted by Gasteiger charge is -2.07. The van der Waals surface area contributed by atoms with Crippen molar-refractivity contribution in [3.63, 3.8) is 0 Å². The molecule has 1 heterocycles. The van der Waals surface area contributed by atoms with Crippen LogP contribution in [0, 0.1) is 0 Å². The Balaban J connectivity index is 1.92. The average molecular weight is 250 g/mol. The number of ether oxygens (including phenoxy) is 2. The van der Waals surface area contributed by atoms with Crippen LogP contribution < -0.4 is 9.47 Å². The minimum atomic E-state index is -0.713. The van der Waals surface area contributed by atoms with E-state index in [0.717, 1.165) is 0 Å². The highest BCUT2D eigenvalue weighted by molar-refractivity contribution is 5.77. The summed E-state index contributed by atoms with van der Waals surface area (Å²) in [6, 6.07) is 6.72. The molecule has 5 nitrogen and oxygen atoms in total. The molecule has 0 unspecified atom stereocenters. The smallest absolute Gasteiger partial charge is 0.344 e. The molecule has 0 saturated carbocycles. The van der Waals surface area contributed by atoms with Crippen LogP contribution in [-0.2, 0) is 14.6 Å². The molecule has 96 valence electrons. The number of carbonyl (C=O) groups excluding carboxylic acids is 1. The molecule has 18 heavy (non-hydrogen) atoms. The van der Waals surface area contributed by atoms with Crippen molar-refractivity contribution in [3.8, 4) is 11.5 Å². The minimum absolute atomic E-state index is 0.265. The van der Waals surface area contributed by atoms with Crippen LogP contribution in [-0.4, -0.2) is 25.3 Å². The lowest BCUT2D eigenvalue weighted by molar-refractivity contribution is -0.285. The number of esters is 1. The second kappa shape index (κ2) is 5.66. The molecule has 5 heteroatoms. The first-order valence-corrected chi connectivity index (χ1v) is 5.53. The maximum atomic E-state index is 11.7. The van der Waals surface area contributed by atoms with Gasteiger partial charge in [0.15, 0.2) is 6.10 Å². The monoisotopic (exact) mass is 250 g/mol. The second-order valence-electron chi connectivity index (χ2n) is 3.79. The zero-order valence-corrected chi connectivity index (χ0v) is 10.00. The maximum Gasteiger partial charge on any atom is 0.344 e. The first-order valence-electron chi connectivity index (χ1n) is 5.53. The Labute approximate surface area is 105 Å². The van der Waals surface area contributed by atoms with Gasteiger partial charge in [-0.15, -0.1) is 6.58 Å². The molecular weight excluding hydrogens is 236 g/mol. The predicted molar refractivity (Wildman–Crippen MR) is 63.2 cm³/mol. The normalized spacial score (nSPS) is 22.5. The number of benzene rings is 1. The first kappa shape index (κ1) is 12.6. The van der Waals surface area contributed by atoms with Crippen LogP contribution in [0.5, 0.6) is 11.5 Å². The Bertz CT molecular complexity index is 426. The number of hydrogen-bond acceptors (Lipinski definition) is 5. The molecule has 1 aromatic carbocycles. The Morgan fingerprint density at radius 2 is 2.00 bits per heavy atom. The van der Waals surface area contributed by atoms with Gasteiger partial charge in [0.2, 0.25) is 0 Å². The van der Waals surface area contributed by atoms with Gasteiger partial charge in [0.25, 0.3) is 0 Å². The van der Waals surface area contributed by atoms with Crippen molar-refractivity contribution in [1.82, 2.24) is 0 Å². The summed E-state index contributed by atoms with van der Waals surface area (Å²) < 4.78 is 10.2. The number of rotatable bonds is 4. The highest BCUT2D eigenvalue weighted by Crippen LogP contribution is 2.21. The van der Waals surface area contributed by atoms with E-state index in [2.05, 4.69) is 6.58 Å². The second-order valence-corrected chi connectivity index (χ2v) is 3.79. The molecule has 0 spiro atoms. The molecule has 1 saturated heterocycles. The molecular formula is C13H14O5. The van der Waals surface area contributed by atoms with E-state index in [4.69, 9.17) is 19.2 Å². The van der Waals surface area contributed by atoms with E-state index >= 15 is 0 Å². The standard InChI is InChI=1S/C13H14O5/c1-3-9-8-12(18-17-9)13(14)16-11-6-4-10(15-2)5-7-11/h3-7,9,12H,1,8H2,2H3/t9-,12-/m1/s1. The van der Waals surface area contributed by atoms with Gasteiger partial charge in [-0.3, -0.25) is 0 Å². The van der Waals surface area contributed by atoms with E-state index in [1.165, 1.54) is 0 Å². The Morgan fingerprint density at radius 3 is 2.56 bits per heavy atom. The van der Waals surface area contributed by atoms with Gasteiger partial charge in [0.05, 0.1) is 7.11 Å². The third kappa shape index (κ3) is 2.88. The molecule has 2 atom stereocenters. The van der Waals surface area contributed by atoms with Gasteiger partial charge in [-0.25, -0.2) is 14.6 Å². The molecule has 0 aromatic heterocycles. The minimum Gasteiger partial charge on any atom is -0.497 e. The summed E-state index contributed by atoms with van der Waals surface area (Å²) in [6.45, 7) is 3.57. The topological polar surface area (TPSA) is 54.0 Å². The third-order valence-electron chi connectivity index (χ3n) is 2.55. The fourth-order valence-electron chi connectivity index (χ4n) is 1.52. The molecule has 1 aromatic rings. The zero-order chi connectivity index (χ0) is 13.0. The molecule has 1 aliphatic rings. The third-order valence-corrected chi connectivity index (χ3v) is 2.55. The largest absolute Gasteiger partial charge is 0.497 e. The van der Waals surface area contributed by atoms with Gasteiger partial charge in [-0.1, -0.05) is 6.08 Å². The van der Waals surface area contributed by atoms with Crippen molar-refractivity contribution in [2.45, 2.75) is 18.6 Å². The highest BCUT2D eigenvalue weighted by Gasteiger charge is 2.32. The lowest BCUT2D eigenvalue weighted by atomic mass is 10.2. The maximum absolute atomic E-state index is 11.7. The summed E-state index contributed by atoms with van der Waals surface area (Å²) in [5, 5.41) is 0. The first-order chi connectivity index (χ1) is 8.72. The predicted octanol–water partition coefficient (Wildman–Crippen LogP) is 1.88. The van der Waals surface area contributed by atoms with E-state index in [9.17, 15) is 4.79 Å². The molecule has 2 rings (SSSR count). The summed E-state index contributed by atoms with van der Waals surface area (Å²) in [4.78, 5) is 21.5.